The summed E-state index contributed by atoms with van der Waals surface area (Å²) in [6.07, 6.45) is 2.24. The molecule has 0 saturated carbocycles. The lowest BCUT2D eigenvalue weighted by molar-refractivity contribution is -0.142. The molecule has 3 amide bonds. The number of carboxylic acid groups (broad SMARTS) is 1. The van der Waals surface area contributed by atoms with E-state index in [0.29, 0.717) is 32.2 Å². The molecule has 0 aromatic rings. The molecule has 0 radical (unpaired) electrons. The minimum atomic E-state index is -1.06. The number of nitrogens with two attached hydrogens (primary N) is 1. The lowest BCUT2D eigenvalue weighted by Gasteiger charge is -2.23. The summed E-state index contributed by atoms with van der Waals surface area (Å²) in [7, 11) is 0. The average Bonchev–Trinajstić information content (AvgIpc) is 2.77. The fourth-order valence-electron chi connectivity index (χ4n) is 2.12. The predicted octanol–water partition coefficient (Wildman–Crippen LogP) is -0.101. The van der Waals surface area contributed by atoms with Crippen molar-refractivity contribution in [3.63, 3.8) is 0 Å². The van der Waals surface area contributed by atoms with Crippen molar-refractivity contribution in [2.45, 2.75) is 44.7 Å². The van der Waals surface area contributed by atoms with E-state index in [9.17, 15) is 14.4 Å². The molecule has 1 aliphatic rings. The van der Waals surface area contributed by atoms with E-state index in [0.717, 1.165) is 0 Å². The molecule has 1 fully saturated rings. The molecule has 0 aliphatic carbocycles. The molecule has 0 spiro atoms. The van der Waals surface area contributed by atoms with Crippen molar-refractivity contribution >= 4 is 17.9 Å². The number of likely N-dealkylation sites (tertiary alicyclic amines) is 1. The number of amides is 3. The van der Waals surface area contributed by atoms with E-state index in [4.69, 9.17) is 10.8 Å². The average molecular weight is 257 g/mol. The van der Waals surface area contributed by atoms with Crippen LogP contribution in [-0.4, -0.2) is 46.5 Å². The molecule has 1 rings (SSSR count). The van der Waals surface area contributed by atoms with Crippen LogP contribution in [0.25, 0.3) is 0 Å². The molecular weight excluding hydrogens is 238 g/mol. The molecule has 1 unspecified atom stereocenters. The Labute approximate surface area is 105 Å². The minimum Gasteiger partial charge on any atom is -0.480 e. The van der Waals surface area contributed by atoms with Crippen LogP contribution in [0.2, 0.25) is 0 Å². The molecule has 1 aliphatic heterocycles. The van der Waals surface area contributed by atoms with Crippen LogP contribution in [-0.2, 0) is 9.59 Å². The predicted molar refractivity (Wildman–Crippen MR) is 63.8 cm³/mol. The largest absolute Gasteiger partial charge is 0.480 e. The maximum atomic E-state index is 11.9. The number of carboxylic acids is 1. The van der Waals surface area contributed by atoms with Gasteiger partial charge in [-0.3, -0.25) is 4.79 Å². The number of carbonyl (C=O) groups is 3. The van der Waals surface area contributed by atoms with E-state index in [1.165, 1.54) is 4.90 Å². The number of aliphatic carboxylic acids is 1. The summed E-state index contributed by atoms with van der Waals surface area (Å²) in [6.45, 7) is 2.28. The molecule has 18 heavy (non-hydrogen) atoms. The van der Waals surface area contributed by atoms with Gasteiger partial charge in [0.2, 0.25) is 5.91 Å². The number of primary amides is 1. The van der Waals surface area contributed by atoms with Crippen molar-refractivity contribution < 1.29 is 19.5 Å². The number of carbonyl (C=O) groups excluding carboxylic acids is 2. The van der Waals surface area contributed by atoms with Gasteiger partial charge < -0.3 is 21.1 Å². The number of nitrogens with zero attached hydrogens (tertiary/aromatic N) is 1. The Morgan fingerprint density at radius 3 is 2.67 bits per heavy atom. The highest BCUT2D eigenvalue weighted by Crippen LogP contribution is 2.17. The first kappa shape index (κ1) is 14.3. The van der Waals surface area contributed by atoms with Crippen molar-refractivity contribution in [2.75, 3.05) is 6.54 Å². The fourth-order valence-corrected chi connectivity index (χ4v) is 2.12. The van der Waals surface area contributed by atoms with Crippen molar-refractivity contribution in [1.82, 2.24) is 10.2 Å². The molecule has 102 valence electrons. The van der Waals surface area contributed by atoms with Gasteiger partial charge in [0.25, 0.3) is 0 Å². The Morgan fingerprint density at radius 2 is 2.17 bits per heavy atom. The Hall–Kier alpha value is -1.79. The van der Waals surface area contributed by atoms with Crippen molar-refractivity contribution in [1.29, 1.82) is 0 Å². The van der Waals surface area contributed by atoms with Crippen LogP contribution in [0.5, 0.6) is 0 Å². The van der Waals surface area contributed by atoms with Gasteiger partial charge >= 0.3 is 12.0 Å². The van der Waals surface area contributed by atoms with Crippen molar-refractivity contribution in [2.24, 2.45) is 5.73 Å². The number of urea groups is 1. The zero-order chi connectivity index (χ0) is 13.7. The smallest absolute Gasteiger partial charge is 0.326 e. The maximum Gasteiger partial charge on any atom is 0.326 e. The van der Waals surface area contributed by atoms with Crippen LogP contribution in [0.3, 0.4) is 0 Å². The van der Waals surface area contributed by atoms with E-state index in [1.807, 2.05) is 6.92 Å². The van der Waals surface area contributed by atoms with Gasteiger partial charge in [0.1, 0.15) is 12.1 Å². The first-order valence-electron chi connectivity index (χ1n) is 6.06. The van der Waals surface area contributed by atoms with E-state index in [-0.39, 0.29) is 0 Å². The summed E-state index contributed by atoms with van der Waals surface area (Å²) in [5, 5.41) is 11.4. The minimum absolute atomic E-state index is 0.365. The second-order valence-corrected chi connectivity index (χ2v) is 4.38. The van der Waals surface area contributed by atoms with E-state index in [1.54, 1.807) is 0 Å². The van der Waals surface area contributed by atoms with Gasteiger partial charge in [0.15, 0.2) is 0 Å². The molecule has 1 saturated heterocycles. The SMILES string of the molecule is CCCC(NC(=O)[C@@H]1CCCN1C(N)=O)C(=O)O. The lowest BCUT2D eigenvalue weighted by atomic mass is 10.1. The van der Waals surface area contributed by atoms with Crippen LogP contribution in [0.4, 0.5) is 4.79 Å². The lowest BCUT2D eigenvalue weighted by Crippen LogP contribution is -2.51. The molecule has 0 aromatic heterocycles. The summed E-state index contributed by atoms with van der Waals surface area (Å²) in [4.78, 5) is 35.3. The Bertz CT molecular complexity index is 345. The molecule has 1 heterocycles. The summed E-state index contributed by atoms with van der Waals surface area (Å²) < 4.78 is 0. The molecule has 7 nitrogen and oxygen atoms in total. The van der Waals surface area contributed by atoms with Crippen molar-refractivity contribution in [3.05, 3.63) is 0 Å². The normalized spacial score (nSPS) is 20.5. The Balaban J connectivity index is 2.63. The third kappa shape index (κ3) is 3.35. The van der Waals surface area contributed by atoms with Crippen LogP contribution in [0.15, 0.2) is 0 Å². The highest BCUT2D eigenvalue weighted by atomic mass is 16.4. The number of hydrogen-bond acceptors (Lipinski definition) is 3. The summed E-state index contributed by atoms with van der Waals surface area (Å²) in [5.41, 5.74) is 5.17. The zero-order valence-electron chi connectivity index (χ0n) is 10.4. The third-order valence-electron chi connectivity index (χ3n) is 3.03. The van der Waals surface area contributed by atoms with E-state index < -0.39 is 30.0 Å². The highest BCUT2D eigenvalue weighted by molar-refractivity contribution is 5.90. The van der Waals surface area contributed by atoms with Crippen LogP contribution < -0.4 is 11.1 Å². The molecule has 0 aromatic carbocycles. The van der Waals surface area contributed by atoms with Crippen LogP contribution in [0, 0.1) is 0 Å². The summed E-state index contributed by atoms with van der Waals surface area (Å²) >= 11 is 0. The number of rotatable bonds is 5. The highest BCUT2D eigenvalue weighted by Gasteiger charge is 2.34. The van der Waals surface area contributed by atoms with Gasteiger partial charge in [-0.25, -0.2) is 9.59 Å². The monoisotopic (exact) mass is 257 g/mol. The van der Waals surface area contributed by atoms with Gasteiger partial charge in [0, 0.05) is 6.54 Å². The molecule has 7 heteroatoms. The van der Waals surface area contributed by atoms with Gasteiger partial charge in [-0.05, 0) is 19.3 Å². The van der Waals surface area contributed by atoms with Crippen LogP contribution in [0.1, 0.15) is 32.6 Å². The van der Waals surface area contributed by atoms with Crippen molar-refractivity contribution in [3.8, 4) is 0 Å². The standard InChI is InChI=1S/C11H19N3O4/c1-2-4-7(10(16)17)13-9(15)8-5-3-6-14(8)11(12)18/h7-8H,2-6H2,1H3,(H2,12,18)(H,13,15)(H,16,17)/t7?,8-/m0/s1. The second-order valence-electron chi connectivity index (χ2n) is 4.38. The molecular formula is C11H19N3O4. The van der Waals surface area contributed by atoms with Gasteiger partial charge in [-0.1, -0.05) is 13.3 Å². The first-order chi connectivity index (χ1) is 8.47. The maximum absolute atomic E-state index is 11.9. The van der Waals surface area contributed by atoms with Crippen LogP contribution >= 0.6 is 0 Å². The number of nitrogens with one attached hydrogen (secondary N) is 1. The van der Waals surface area contributed by atoms with Gasteiger partial charge in [-0.2, -0.15) is 0 Å². The Kier molecular flexibility index (Phi) is 4.94. The molecule has 4 N–H and O–H groups in total. The summed E-state index contributed by atoms with van der Waals surface area (Å²) in [6, 6.07) is -2.19. The van der Waals surface area contributed by atoms with E-state index >= 15 is 0 Å². The quantitative estimate of drug-likeness (QED) is 0.638. The zero-order valence-corrected chi connectivity index (χ0v) is 10.4. The van der Waals surface area contributed by atoms with Gasteiger partial charge in [0.05, 0.1) is 0 Å². The summed E-state index contributed by atoms with van der Waals surface area (Å²) in [5.74, 6) is -1.50. The third-order valence-corrected chi connectivity index (χ3v) is 3.03. The molecule has 0 bridgehead atoms. The first-order valence-corrected chi connectivity index (χ1v) is 6.06. The Morgan fingerprint density at radius 1 is 1.50 bits per heavy atom. The van der Waals surface area contributed by atoms with Gasteiger partial charge in [-0.15, -0.1) is 0 Å². The fraction of sp³-hybridized carbons (Fsp3) is 0.727. The molecule has 2 atom stereocenters. The second kappa shape index (κ2) is 6.23. The van der Waals surface area contributed by atoms with E-state index in [2.05, 4.69) is 5.32 Å². The number of hydrogen-bond donors (Lipinski definition) is 3. The topological polar surface area (TPSA) is 113 Å².